The van der Waals surface area contributed by atoms with Crippen molar-refractivity contribution >= 4 is 177 Å². The van der Waals surface area contributed by atoms with E-state index in [1.807, 2.05) is 72.8 Å². The van der Waals surface area contributed by atoms with Gasteiger partial charge >= 0.3 is 0 Å². The minimum Gasteiger partial charge on any atom is -0.455 e. The van der Waals surface area contributed by atoms with Gasteiger partial charge in [-0.1, -0.05) is 82.5 Å². The Morgan fingerprint density at radius 1 is 0.352 bits per heavy atom. The molecule has 226 valence electrons. The molecule has 20 radical (unpaired) electrons. The van der Waals surface area contributed by atoms with Crippen molar-refractivity contribution in [3.8, 4) is 45.3 Å². The van der Waals surface area contributed by atoms with Crippen LogP contribution in [0.2, 0.25) is 0 Å². The summed E-state index contributed by atoms with van der Waals surface area (Å²) in [5.41, 5.74) is 5.54. The molecule has 0 fully saturated rings. The largest absolute Gasteiger partial charge is 0.455 e. The van der Waals surface area contributed by atoms with Gasteiger partial charge in [-0.05, 0) is 18.2 Å². The molecule has 0 saturated carbocycles. The van der Waals surface area contributed by atoms with Gasteiger partial charge in [0, 0.05) is 49.4 Å². The molecule has 0 saturated heterocycles. The van der Waals surface area contributed by atoms with Gasteiger partial charge < -0.3 is 8.83 Å². The molecular formula is C39H13B10N3O2. The van der Waals surface area contributed by atoms with E-state index in [1.54, 1.807) is 0 Å². The first-order valence-corrected chi connectivity index (χ1v) is 16.6. The third-order valence-corrected chi connectivity index (χ3v) is 9.93. The van der Waals surface area contributed by atoms with Crippen LogP contribution in [-0.4, -0.2) is 93.4 Å². The van der Waals surface area contributed by atoms with Gasteiger partial charge in [-0.3, -0.25) is 0 Å². The van der Waals surface area contributed by atoms with Crippen molar-refractivity contribution in [2.45, 2.75) is 0 Å². The zero-order valence-electron chi connectivity index (χ0n) is 28.4. The van der Waals surface area contributed by atoms with Crippen molar-refractivity contribution in [2.24, 2.45) is 0 Å². The highest BCUT2D eigenvalue weighted by Gasteiger charge is 2.22. The highest BCUT2D eigenvalue weighted by molar-refractivity contribution is 6.69. The lowest BCUT2D eigenvalue weighted by Gasteiger charge is -2.22. The van der Waals surface area contributed by atoms with E-state index in [0.29, 0.717) is 16.7 Å². The lowest BCUT2D eigenvalue weighted by atomic mass is 9.60. The molecule has 0 aliphatic carbocycles. The number of para-hydroxylation sites is 3. The van der Waals surface area contributed by atoms with E-state index in [2.05, 4.69) is 11.1 Å². The third-order valence-electron chi connectivity index (χ3n) is 9.93. The molecule has 3 aromatic heterocycles. The summed E-state index contributed by atoms with van der Waals surface area (Å²) in [6, 6.07) is 25.6. The van der Waals surface area contributed by atoms with Gasteiger partial charge in [-0.2, -0.15) is 0 Å². The van der Waals surface area contributed by atoms with Gasteiger partial charge in [0.2, 0.25) is 0 Å². The number of hydrogen-bond donors (Lipinski definition) is 0. The lowest BCUT2D eigenvalue weighted by molar-refractivity contribution is 0.665. The molecule has 0 N–H and O–H groups in total. The molecule has 15 heteroatoms. The van der Waals surface area contributed by atoms with Crippen molar-refractivity contribution in [2.75, 3.05) is 0 Å². The topological polar surface area (TPSA) is 65.0 Å². The third kappa shape index (κ3) is 5.04. The Morgan fingerprint density at radius 3 is 1.28 bits per heavy atom. The summed E-state index contributed by atoms with van der Waals surface area (Å²) in [5.74, 6) is 0.175. The highest BCUT2D eigenvalue weighted by Crippen LogP contribution is 2.41. The normalized spacial score (nSPS) is 11.7. The zero-order chi connectivity index (χ0) is 37.7. The maximum atomic E-state index is 6.63. The number of aromatic nitrogens is 3. The standard InChI is InChI=1S/C39H13B10N3O2/c40-25-23(26(41)30(45)33(48)29(25)44)38-50-37(51-39(52-38)24-27(42)31(46)34(49)32(47)28(24)43)14-11-12-16-18-7-4-9-20(36(18)54-22(16)13-14)19-8-3-6-17-15-5-1-2-10-21(15)53-35(17)19/h1-13H. The molecule has 54 heavy (non-hydrogen) atoms. The van der Waals surface area contributed by atoms with E-state index in [9.17, 15) is 0 Å². The van der Waals surface area contributed by atoms with E-state index in [1.165, 1.54) is 0 Å². The molecule has 9 rings (SSSR count). The van der Waals surface area contributed by atoms with Crippen LogP contribution in [0.5, 0.6) is 0 Å². The molecule has 0 aliphatic heterocycles. The van der Waals surface area contributed by atoms with Crippen molar-refractivity contribution in [1.82, 2.24) is 15.0 Å². The second-order valence-electron chi connectivity index (χ2n) is 13.0. The summed E-state index contributed by atoms with van der Waals surface area (Å²) >= 11 is 0. The lowest BCUT2D eigenvalue weighted by Crippen LogP contribution is -2.55. The molecule has 5 nitrogen and oxygen atoms in total. The van der Waals surface area contributed by atoms with Gasteiger partial charge in [0.1, 0.15) is 101 Å². The summed E-state index contributed by atoms with van der Waals surface area (Å²) in [6.07, 6.45) is 0. The van der Waals surface area contributed by atoms with E-state index < -0.39 is 0 Å². The number of rotatable bonds is 4. The van der Waals surface area contributed by atoms with Gasteiger partial charge in [-0.25, -0.2) is 15.0 Å². The Bertz CT molecular complexity index is 2940. The summed E-state index contributed by atoms with van der Waals surface area (Å²) in [4.78, 5) is 14.2. The van der Waals surface area contributed by atoms with Crippen LogP contribution in [0.1, 0.15) is 0 Å². The van der Waals surface area contributed by atoms with Crippen LogP contribution < -0.4 is 54.6 Å². The van der Waals surface area contributed by atoms with Crippen molar-refractivity contribution < 1.29 is 8.83 Å². The predicted octanol–water partition coefficient (Wildman–Crippen LogP) is -1.72. The maximum Gasteiger partial charge on any atom is 0.164 e. The first kappa shape index (κ1) is 34.4. The fraction of sp³-hybridized carbons (Fsp3) is 0. The fourth-order valence-electron chi connectivity index (χ4n) is 7.02. The number of furan rings is 2. The van der Waals surface area contributed by atoms with Crippen LogP contribution in [0, 0.1) is 0 Å². The highest BCUT2D eigenvalue weighted by atomic mass is 16.3. The maximum absolute atomic E-state index is 6.63. The minimum atomic E-state index is 0.00193. The molecular weight excluding hydrogens is 651 g/mol. The summed E-state index contributed by atoms with van der Waals surface area (Å²) in [5, 5.41) is 3.81. The minimum absolute atomic E-state index is 0.00193. The summed E-state index contributed by atoms with van der Waals surface area (Å²) in [6.45, 7) is 0. The number of hydrogen-bond acceptors (Lipinski definition) is 5. The van der Waals surface area contributed by atoms with Gasteiger partial charge in [0.25, 0.3) is 0 Å². The van der Waals surface area contributed by atoms with Crippen molar-refractivity contribution in [1.29, 1.82) is 0 Å². The average Bonchev–Trinajstić information content (AvgIpc) is 3.76. The summed E-state index contributed by atoms with van der Waals surface area (Å²) < 4.78 is 13.0. The quantitative estimate of drug-likeness (QED) is 0.210. The molecule has 6 aromatic carbocycles. The number of nitrogens with zero attached hydrogens (tertiary/aromatic N) is 3. The number of benzene rings is 6. The van der Waals surface area contributed by atoms with Crippen LogP contribution in [0.3, 0.4) is 0 Å². The average molecular weight is 664 g/mol. The Hall–Kier alpha value is -5.42. The molecule has 0 amide bonds. The van der Waals surface area contributed by atoms with E-state index >= 15 is 0 Å². The van der Waals surface area contributed by atoms with E-state index in [0.717, 1.165) is 43.8 Å². The molecule has 0 bridgehead atoms. The predicted molar refractivity (Wildman–Crippen MR) is 230 cm³/mol. The van der Waals surface area contributed by atoms with Crippen LogP contribution in [0.4, 0.5) is 0 Å². The SMILES string of the molecule is [B]c1c([B])c([B])c(-c2nc(-c3ccc4c(c3)oc3c(-c5cccc6c5oc5ccccc56)cccc34)nc(-c3c([B])c([B])c([B])c([B])c3[B])n2)c([B])c1[B]. The second-order valence-corrected chi connectivity index (χ2v) is 13.0. The van der Waals surface area contributed by atoms with E-state index in [-0.39, 0.29) is 83.2 Å². The van der Waals surface area contributed by atoms with Crippen molar-refractivity contribution in [3.63, 3.8) is 0 Å². The van der Waals surface area contributed by atoms with Gasteiger partial charge in [0.15, 0.2) is 17.5 Å². The molecule has 0 atom stereocenters. The number of fused-ring (bicyclic) bond motifs is 6. The molecule has 0 unspecified atom stereocenters. The fourth-order valence-corrected chi connectivity index (χ4v) is 7.02. The first-order valence-electron chi connectivity index (χ1n) is 16.6. The van der Waals surface area contributed by atoms with Crippen molar-refractivity contribution in [3.05, 3.63) is 78.9 Å². The first-order chi connectivity index (χ1) is 25.9. The van der Waals surface area contributed by atoms with Gasteiger partial charge in [-0.15, -0.1) is 32.8 Å². The van der Waals surface area contributed by atoms with Crippen LogP contribution in [0.15, 0.2) is 87.7 Å². The van der Waals surface area contributed by atoms with E-state index in [4.69, 9.17) is 97.3 Å². The summed E-state index contributed by atoms with van der Waals surface area (Å²) in [7, 11) is 62.9. The molecule has 0 aliphatic rings. The second kappa shape index (κ2) is 12.6. The zero-order valence-corrected chi connectivity index (χ0v) is 28.4. The van der Waals surface area contributed by atoms with Gasteiger partial charge in [0.05, 0.1) is 0 Å². The molecule has 9 aromatic rings. The van der Waals surface area contributed by atoms with Crippen LogP contribution >= 0.6 is 0 Å². The Morgan fingerprint density at radius 2 is 0.759 bits per heavy atom. The smallest absolute Gasteiger partial charge is 0.164 e. The Kier molecular flexibility index (Phi) is 8.00. The monoisotopic (exact) mass is 665 g/mol. The van der Waals surface area contributed by atoms with Crippen LogP contribution in [-0.2, 0) is 0 Å². The van der Waals surface area contributed by atoms with Crippen LogP contribution in [0.25, 0.3) is 89.2 Å². The molecule has 3 heterocycles. The molecule has 0 spiro atoms. The Labute approximate surface area is 323 Å². The Balaban J connectivity index is 1.27.